The molecule has 0 aliphatic rings. The Hall–Kier alpha value is -2.94. The van der Waals surface area contributed by atoms with Gasteiger partial charge in [0.1, 0.15) is 12.6 Å². The van der Waals surface area contributed by atoms with Crippen LogP contribution in [0.25, 0.3) is 0 Å². The van der Waals surface area contributed by atoms with Crippen molar-refractivity contribution in [3.63, 3.8) is 0 Å². The molecule has 0 spiro atoms. The van der Waals surface area contributed by atoms with Gasteiger partial charge in [0.2, 0.25) is 0 Å². The molecule has 9 nitrogen and oxygen atoms in total. The van der Waals surface area contributed by atoms with Crippen LogP contribution in [-0.2, 0) is 35.1 Å². The van der Waals surface area contributed by atoms with Crippen LogP contribution in [0.1, 0.15) is 97.0 Å². The monoisotopic (exact) mass is 535 g/mol. The maximum Gasteiger partial charge on any atom is 0.323 e. The fourth-order valence-corrected chi connectivity index (χ4v) is 3.64. The van der Waals surface area contributed by atoms with Crippen molar-refractivity contribution in [2.75, 3.05) is 20.3 Å². The van der Waals surface area contributed by atoms with E-state index in [-0.39, 0.29) is 49.9 Å². The Labute approximate surface area is 226 Å². The Bertz CT molecular complexity index is 870. The number of rotatable bonds is 20. The summed E-state index contributed by atoms with van der Waals surface area (Å²) in [5, 5.41) is 3.06. The Morgan fingerprint density at radius 2 is 1.34 bits per heavy atom. The molecule has 0 aliphatic carbocycles. The highest BCUT2D eigenvalue weighted by Crippen LogP contribution is 2.30. The van der Waals surface area contributed by atoms with E-state index in [0.717, 1.165) is 44.9 Å². The molecule has 38 heavy (non-hydrogen) atoms. The van der Waals surface area contributed by atoms with Crippen molar-refractivity contribution in [2.45, 2.75) is 104 Å². The topological polar surface area (TPSA) is 117 Å². The fraction of sp³-hybridized carbons (Fsp3) is 0.655. The van der Waals surface area contributed by atoms with E-state index in [1.54, 1.807) is 18.2 Å². The van der Waals surface area contributed by atoms with Crippen molar-refractivity contribution in [3.8, 4) is 11.5 Å². The van der Waals surface area contributed by atoms with Gasteiger partial charge in [0.05, 0.1) is 7.11 Å². The Balaban J connectivity index is 2.93. The number of methoxy groups -OCH3 is 1. The maximum atomic E-state index is 12.4. The van der Waals surface area contributed by atoms with Gasteiger partial charge < -0.3 is 24.3 Å². The number of hydrogen-bond acceptors (Lipinski definition) is 9. The third-order valence-corrected chi connectivity index (χ3v) is 5.84. The van der Waals surface area contributed by atoms with Crippen LogP contribution in [0.5, 0.6) is 11.5 Å². The summed E-state index contributed by atoms with van der Waals surface area (Å²) in [6.45, 7) is 6.50. The standard InChI is InChI=1S/C29H45NO8/c1-5-8-11-14-27(32)37-24-17-16-22(21-25(24)38-28(33)15-12-9-6-2)20-23(29(34)35-4)30-18-19-36-26(31)13-10-7-3/h16-17,21,23,30H,5-15,18-20H2,1-4H3/t23-/m0/s1. The van der Waals surface area contributed by atoms with Gasteiger partial charge in [0, 0.05) is 25.8 Å². The summed E-state index contributed by atoms with van der Waals surface area (Å²) in [7, 11) is 1.30. The molecule has 0 bridgehead atoms. The quantitative estimate of drug-likeness (QED) is 0.139. The number of esters is 4. The van der Waals surface area contributed by atoms with Gasteiger partial charge in [-0.25, -0.2) is 0 Å². The van der Waals surface area contributed by atoms with Crippen LogP contribution in [0, 0.1) is 0 Å². The summed E-state index contributed by atoms with van der Waals surface area (Å²) in [5.41, 5.74) is 0.676. The van der Waals surface area contributed by atoms with Crippen LogP contribution in [0.2, 0.25) is 0 Å². The van der Waals surface area contributed by atoms with E-state index in [9.17, 15) is 19.2 Å². The number of unbranched alkanes of at least 4 members (excludes halogenated alkanes) is 5. The Morgan fingerprint density at radius 1 is 0.763 bits per heavy atom. The second-order valence-corrected chi connectivity index (χ2v) is 9.20. The molecule has 0 heterocycles. The summed E-state index contributed by atoms with van der Waals surface area (Å²) in [4.78, 5) is 48.8. The summed E-state index contributed by atoms with van der Waals surface area (Å²) >= 11 is 0. The van der Waals surface area contributed by atoms with Crippen LogP contribution in [0.15, 0.2) is 18.2 Å². The molecule has 1 aromatic rings. The SMILES string of the molecule is CCCCCC(=O)Oc1ccc(C[C@H](NCCOC(=O)CCCC)C(=O)OC)cc1OC(=O)CCCCC. The van der Waals surface area contributed by atoms with Crippen molar-refractivity contribution in [2.24, 2.45) is 0 Å². The second-order valence-electron chi connectivity index (χ2n) is 9.20. The smallest absolute Gasteiger partial charge is 0.323 e. The van der Waals surface area contributed by atoms with Crippen LogP contribution in [-0.4, -0.2) is 50.2 Å². The third-order valence-electron chi connectivity index (χ3n) is 5.84. The van der Waals surface area contributed by atoms with Gasteiger partial charge in [-0.2, -0.15) is 0 Å². The number of benzene rings is 1. The van der Waals surface area contributed by atoms with E-state index >= 15 is 0 Å². The van der Waals surface area contributed by atoms with E-state index in [1.165, 1.54) is 7.11 Å². The first-order valence-corrected chi connectivity index (χ1v) is 13.9. The first-order chi connectivity index (χ1) is 18.3. The van der Waals surface area contributed by atoms with Crippen LogP contribution in [0.4, 0.5) is 0 Å². The van der Waals surface area contributed by atoms with Crippen molar-refractivity contribution in [1.29, 1.82) is 0 Å². The van der Waals surface area contributed by atoms with E-state index < -0.39 is 23.9 Å². The van der Waals surface area contributed by atoms with Crippen LogP contribution < -0.4 is 14.8 Å². The van der Waals surface area contributed by atoms with E-state index in [4.69, 9.17) is 18.9 Å². The highest BCUT2D eigenvalue weighted by atomic mass is 16.6. The molecule has 0 unspecified atom stereocenters. The van der Waals surface area contributed by atoms with Gasteiger partial charge in [-0.1, -0.05) is 58.9 Å². The van der Waals surface area contributed by atoms with Crippen molar-refractivity contribution in [3.05, 3.63) is 23.8 Å². The molecular weight excluding hydrogens is 490 g/mol. The molecule has 0 radical (unpaired) electrons. The molecule has 1 N–H and O–H groups in total. The average molecular weight is 536 g/mol. The van der Waals surface area contributed by atoms with E-state index in [2.05, 4.69) is 12.2 Å². The van der Waals surface area contributed by atoms with Crippen LogP contribution in [0.3, 0.4) is 0 Å². The van der Waals surface area contributed by atoms with Gasteiger partial charge in [0.25, 0.3) is 0 Å². The minimum Gasteiger partial charge on any atom is -0.468 e. The molecular formula is C29H45NO8. The lowest BCUT2D eigenvalue weighted by atomic mass is 10.0. The molecule has 1 atom stereocenters. The lowest BCUT2D eigenvalue weighted by Crippen LogP contribution is -2.41. The highest BCUT2D eigenvalue weighted by molar-refractivity contribution is 5.77. The molecule has 0 saturated heterocycles. The molecule has 0 aliphatic heterocycles. The molecule has 1 aromatic carbocycles. The molecule has 0 saturated carbocycles. The molecule has 0 fully saturated rings. The minimum atomic E-state index is -0.718. The van der Waals surface area contributed by atoms with Gasteiger partial charge in [-0.05, 0) is 43.4 Å². The number of hydrogen-bond donors (Lipinski definition) is 1. The largest absolute Gasteiger partial charge is 0.468 e. The third kappa shape index (κ3) is 14.1. The summed E-state index contributed by atoms with van der Waals surface area (Å²) < 4.78 is 21.2. The normalized spacial score (nSPS) is 11.5. The van der Waals surface area contributed by atoms with Crippen LogP contribution >= 0.6 is 0 Å². The lowest BCUT2D eigenvalue weighted by Gasteiger charge is -2.18. The zero-order valence-electron chi connectivity index (χ0n) is 23.5. The molecule has 9 heteroatoms. The Kier molecular flexibility index (Phi) is 17.5. The maximum absolute atomic E-state index is 12.4. The number of nitrogens with one attached hydrogen (secondary N) is 1. The van der Waals surface area contributed by atoms with Gasteiger partial charge in [-0.3, -0.25) is 19.2 Å². The zero-order chi connectivity index (χ0) is 28.2. The number of carbonyl (C=O) groups excluding carboxylic acids is 4. The first-order valence-electron chi connectivity index (χ1n) is 13.9. The van der Waals surface area contributed by atoms with Gasteiger partial charge >= 0.3 is 23.9 Å². The summed E-state index contributed by atoms with van der Waals surface area (Å²) in [5.74, 6) is -1.24. The van der Waals surface area contributed by atoms with Crippen molar-refractivity contribution in [1.82, 2.24) is 5.32 Å². The highest BCUT2D eigenvalue weighted by Gasteiger charge is 2.21. The van der Waals surface area contributed by atoms with Crippen molar-refractivity contribution < 1.29 is 38.1 Å². The summed E-state index contributed by atoms with van der Waals surface area (Å²) in [6, 6.07) is 4.18. The van der Waals surface area contributed by atoms with Gasteiger partial charge in [0.15, 0.2) is 11.5 Å². The number of ether oxygens (including phenoxy) is 4. The molecule has 1 rings (SSSR count). The van der Waals surface area contributed by atoms with E-state index in [1.807, 2.05) is 13.8 Å². The van der Waals surface area contributed by atoms with Crippen molar-refractivity contribution >= 4 is 23.9 Å². The predicted octanol–water partition coefficient (Wildman–Crippen LogP) is 5.07. The van der Waals surface area contributed by atoms with Gasteiger partial charge in [-0.15, -0.1) is 0 Å². The fourth-order valence-electron chi connectivity index (χ4n) is 3.64. The molecule has 214 valence electrons. The first kappa shape index (κ1) is 33.1. The Morgan fingerprint density at radius 3 is 1.92 bits per heavy atom. The average Bonchev–Trinajstić information content (AvgIpc) is 2.90. The molecule has 0 amide bonds. The second kappa shape index (κ2) is 20.1. The zero-order valence-corrected chi connectivity index (χ0v) is 23.5. The predicted molar refractivity (Wildman–Crippen MR) is 144 cm³/mol. The minimum absolute atomic E-state index is 0.129. The molecule has 0 aromatic heterocycles. The van der Waals surface area contributed by atoms with E-state index in [0.29, 0.717) is 18.4 Å². The lowest BCUT2D eigenvalue weighted by molar-refractivity contribution is -0.144. The summed E-state index contributed by atoms with van der Waals surface area (Å²) in [6.07, 6.45) is 8.02. The number of carbonyl (C=O) groups is 4.